The van der Waals surface area contributed by atoms with Crippen LogP contribution in [0.3, 0.4) is 0 Å². The van der Waals surface area contributed by atoms with Gasteiger partial charge in [-0.25, -0.2) is 22.9 Å². The van der Waals surface area contributed by atoms with Gasteiger partial charge in [0.25, 0.3) is 11.8 Å². The molecule has 1 fully saturated rings. The molecule has 0 atom stereocenters. The van der Waals surface area contributed by atoms with Gasteiger partial charge in [0.15, 0.2) is 0 Å². The smallest absolute Gasteiger partial charge is 0.338 e. The predicted molar refractivity (Wildman–Crippen MR) is 98.1 cm³/mol. The summed E-state index contributed by atoms with van der Waals surface area (Å²) in [5, 5.41) is 9.83. The summed E-state index contributed by atoms with van der Waals surface area (Å²) in [6.07, 6.45) is 0.671. The Morgan fingerprint density at radius 3 is 2.52 bits per heavy atom. The predicted octanol–water partition coefficient (Wildman–Crippen LogP) is 3.73. The van der Waals surface area contributed by atoms with Crippen LogP contribution in [0.5, 0.6) is 0 Å². The summed E-state index contributed by atoms with van der Waals surface area (Å²) >= 11 is 0. The van der Waals surface area contributed by atoms with Gasteiger partial charge in [0, 0.05) is 43.2 Å². The lowest BCUT2D eigenvalue weighted by Crippen LogP contribution is -2.43. The van der Waals surface area contributed by atoms with Crippen molar-refractivity contribution in [3.05, 3.63) is 59.7 Å². The largest absolute Gasteiger partial charge is 0.478 e. The van der Waals surface area contributed by atoms with E-state index in [0.29, 0.717) is 11.0 Å². The molecule has 29 heavy (non-hydrogen) atoms. The Balaban J connectivity index is 1.83. The molecule has 1 aliphatic heterocycles. The van der Waals surface area contributed by atoms with Crippen LogP contribution in [0.15, 0.2) is 42.6 Å². The minimum atomic E-state index is -2.79. The third kappa shape index (κ3) is 3.43. The number of alkyl halides is 2. The summed E-state index contributed by atoms with van der Waals surface area (Å²) in [5.74, 6) is -5.62. The highest BCUT2D eigenvalue weighted by atomic mass is 19.3. The molecule has 1 amide bonds. The number of hydrogen-bond donors (Lipinski definition) is 1. The molecule has 2 aromatic heterocycles. The molecule has 3 heterocycles. The molecular weight excluding hydrogens is 387 g/mol. The minimum Gasteiger partial charge on any atom is -0.478 e. The SMILES string of the molecule is O=C(O)c1cc(-n2c(C(=O)N3CCC(F)(F)CC3)cc3cccnc32)ccc1F. The number of carbonyl (C=O) groups excluding carboxylic acids is 1. The highest BCUT2D eigenvalue weighted by Crippen LogP contribution is 2.30. The Hall–Kier alpha value is -3.36. The summed E-state index contributed by atoms with van der Waals surface area (Å²) in [6.45, 7) is -0.185. The second kappa shape index (κ2) is 6.91. The summed E-state index contributed by atoms with van der Waals surface area (Å²) in [6, 6.07) is 8.44. The molecular formula is C20H16F3N3O3. The molecule has 150 valence electrons. The lowest BCUT2D eigenvalue weighted by atomic mass is 10.1. The number of nitrogens with zero attached hydrogens (tertiary/aromatic N) is 3. The molecule has 1 saturated heterocycles. The van der Waals surface area contributed by atoms with Gasteiger partial charge in [-0.2, -0.15) is 0 Å². The molecule has 1 N–H and O–H groups in total. The average molecular weight is 403 g/mol. The van der Waals surface area contributed by atoms with Crippen LogP contribution in [-0.4, -0.2) is 50.4 Å². The molecule has 1 aromatic carbocycles. The number of rotatable bonds is 3. The minimum absolute atomic E-state index is 0.0927. The first kappa shape index (κ1) is 19.0. The number of hydrogen-bond acceptors (Lipinski definition) is 3. The first-order chi connectivity index (χ1) is 13.8. The standard InChI is InChI=1S/C20H16F3N3O3/c21-15-4-3-13(11-14(15)19(28)29)26-16(10-12-2-1-7-24-17(12)26)18(27)25-8-5-20(22,23)6-9-25/h1-4,7,10-11H,5-6,8-9H2,(H,28,29). The quantitative estimate of drug-likeness (QED) is 0.723. The zero-order valence-electron chi connectivity index (χ0n) is 15.1. The van der Waals surface area contributed by atoms with Gasteiger partial charge in [-0.05, 0) is 36.4 Å². The van der Waals surface area contributed by atoms with Gasteiger partial charge < -0.3 is 10.0 Å². The maximum atomic E-state index is 13.8. The van der Waals surface area contributed by atoms with E-state index < -0.39 is 42.0 Å². The van der Waals surface area contributed by atoms with Crippen molar-refractivity contribution in [3.8, 4) is 5.69 Å². The number of halogens is 3. The van der Waals surface area contributed by atoms with Gasteiger partial charge >= 0.3 is 5.97 Å². The number of carboxylic acids is 1. The third-order valence-corrected chi connectivity index (χ3v) is 5.00. The van der Waals surface area contributed by atoms with E-state index in [1.807, 2.05) is 0 Å². The number of carbonyl (C=O) groups is 2. The molecule has 0 radical (unpaired) electrons. The van der Waals surface area contributed by atoms with E-state index in [1.165, 1.54) is 21.7 Å². The van der Waals surface area contributed by atoms with Crippen molar-refractivity contribution in [2.45, 2.75) is 18.8 Å². The average Bonchev–Trinajstić information content (AvgIpc) is 3.07. The summed E-state index contributed by atoms with van der Waals surface area (Å²) in [5.41, 5.74) is 0.215. The van der Waals surface area contributed by atoms with Gasteiger partial charge in [0.2, 0.25) is 0 Å². The topological polar surface area (TPSA) is 75.4 Å². The Kier molecular flexibility index (Phi) is 4.52. The van der Waals surface area contributed by atoms with Crippen LogP contribution < -0.4 is 0 Å². The highest BCUT2D eigenvalue weighted by molar-refractivity contribution is 5.99. The van der Waals surface area contributed by atoms with Crippen molar-refractivity contribution >= 4 is 22.9 Å². The van der Waals surface area contributed by atoms with Crippen molar-refractivity contribution in [1.29, 1.82) is 0 Å². The fourth-order valence-corrected chi connectivity index (χ4v) is 3.47. The van der Waals surface area contributed by atoms with Crippen LogP contribution in [0, 0.1) is 5.82 Å². The molecule has 0 unspecified atom stereocenters. The molecule has 0 aliphatic carbocycles. The van der Waals surface area contributed by atoms with Gasteiger partial charge in [0.05, 0.1) is 5.56 Å². The van der Waals surface area contributed by atoms with E-state index in [9.17, 15) is 27.9 Å². The van der Waals surface area contributed by atoms with Crippen LogP contribution in [0.1, 0.15) is 33.7 Å². The van der Waals surface area contributed by atoms with E-state index in [2.05, 4.69) is 4.98 Å². The lowest BCUT2D eigenvalue weighted by molar-refractivity contribution is -0.0495. The number of aromatic carboxylic acids is 1. The number of benzene rings is 1. The molecule has 0 spiro atoms. The van der Waals surface area contributed by atoms with Gasteiger partial charge in [-0.3, -0.25) is 9.36 Å². The number of fused-ring (bicyclic) bond motifs is 1. The normalized spacial score (nSPS) is 16.2. The zero-order valence-corrected chi connectivity index (χ0v) is 15.1. The van der Waals surface area contributed by atoms with E-state index in [4.69, 9.17) is 0 Å². The summed E-state index contributed by atoms with van der Waals surface area (Å²) in [4.78, 5) is 30.0. The molecule has 4 rings (SSSR count). The summed E-state index contributed by atoms with van der Waals surface area (Å²) < 4.78 is 42.2. The van der Waals surface area contributed by atoms with E-state index in [0.717, 1.165) is 12.1 Å². The molecule has 9 heteroatoms. The lowest BCUT2D eigenvalue weighted by Gasteiger charge is -2.31. The Morgan fingerprint density at radius 2 is 1.83 bits per heavy atom. The third-order valence-electron chi connectivity index (χ3n) is 5.00. The number of likely N-dealkylation sites (tertiary alicyclic amines) is 1. The van der Waals surface area contributed by atoms with Crippen LogP contribution in [0.4, 0.5) is 13.2 Å². The molecule has 1 aliphatic rings. The fourth-order valence-electron chi connectivity index (χ4n) is 3.47. The van der Waals surface area contributed by atoms with Crippen molar-refractivity contribution in [2.75, 3.05) is 13.1 Å². The van der Waals surface area contributed by atoms with Gasteiger partial charge in [-0.1, -0.05) is 0 Å². The summed E-state index contributed by atoms with van der Waals surface area (Å²) in [7, 11) is 0. The first-order valence-corrected chi connectivity index (χ1v) is 8.94. The number of amides is 1. The van der Waals surface area contributed by atoms with Crippen molar-refractivity contribution in [3.63, 3.8) is 0 Å². The first-order valence-electron chi connectivity index (χ1n) is 8.94. The van der Waals surface area contributed by atoms with Crippen molar-refractivity contribution < 1.29 is 27.9 Å². The van der Waals surface area contributed by atoms with Crippen LogP contribution in [-0.2, 0) is 0 Å². The van der Waals surface area contributed by atoms with Crippen LogP contribution >= 0.6 is 0 Å². The maximum Gasteiger partial charge on any atom is 0.338 e. The van der Waals surface area contributed by atoms with Crippen LogP contribution in [0.25, 0.3) is 16.7 Å². The van der Waals surface area contributed by atoms with E-state index in [-0.39, 0.29) is 24.5 Å². The maximum absolute atomic E-state index is 13.8. The number of aromatic nitrogens is 2. The molecule has 0 saturated carbocycles. The number of pyridine rings is 1. The highest BCUT2D eigenvalue weighted by Gasteiger charge is 2.36. The fraction of sp³-hybridized carbons (Fsp3) is 0.250. The van der Waals surface area contributed by atoms with Gasteiger partial charge in [0.1, 0.15) is 17.2 Å². The number of piperidine rings is 1. The Bertz CT molecular complexity index is 1120. The zero-order chi connectivity index (χ0) is 20.8. The van der Waals surface area contributed by atoms with E-state index in [1.54, 1.807) is 18.2 Å². The number of carboxylic acid groups (broad SMARTS) is 1. The molecule has 0 bridgehead atoms. The van der Waals surface area contributed by atoms with E-state index >= 15 is 0 Å². The monoisotopic (exact) mass is 403 g/mol. The second-order valence-electron chi connectivity index (χ2n) is 6.90. The molecule has 3 aromatic rings. The Labute approximate surface area is 163 Å². The van der Waals surface area contributed by atoms with Gasteiger partial charge in [-0.15, -0.1) is 0 Å². The Morgan fingerprint density at radius 1 is 1.10 bits per heavy atom. The van der Waals surface area contributed by atoms with Crippen molar-refractivity contribution in [2.24, 2.45) is 0 Å². The molecule has 6 nitrogen and oxygen atoms in total. The van der Waals surface area contributed by atoms with Crippen LogP contribution in [0.2, 0.25) is 0 Å². The second-order valence-corrected chi connectivity index (χ2v) is 6.90. The van der Waals surface area contributed by atoms with Crippen molar-refractivity contribution in [1.82, 2.24) is 14.5 Å².